The fourth-order valence-electron chi connectivity index (χ4n) is 1.52. The standard InChI is InChI=1S/C12H8N2O3/c1-2-8-17-11-6-5-10(14(15)16)12-9(11)4-3-7-13-12/h1,3-7H,8H2. The summed E-state index contributed by atoms with van der Waals surface area (Å²) in [5.74, 6) is 2.84. The topological polar surface area (TPSA) is 65.3 Å². The van der Waals surface area contributed by atoms with E-state index in [0.29, 0.717) is 16.7 Å². The predicted octanol–water partition coefficient (Wildman–Crippen LogP) is 2.16. The minimum atomic E-state index is -0.472. The van der Waals surface area contributed by atoms with Crippen molar-refractivity contribution in [2.75, 3.05) is 6.61 Å². The third-order valence-corrected chi connectivity index (χ3v) is 2.22. The minimum absolute atomic E-state index is 0.0475. The van der Waals surface area contributed by atoms with E-state index in [9.17, 15) is 10.1 Å². The molecule has 0 amide bonds. The van der Waals surface area contributed by atoms with E-state index in [-0.39, 0.29) is 12.3 Å². The maximum absolute atomic E-state index is 10.8. The van der Waals surface area contributed by atoms with Crippen LogP contribution in [0.25, 0.3) is 10.9 Å². The van der Waals surface area contributed by atoms with E-state index in [1.165, 1.54) is 18.3 Å². The van der Waals surface area contributed by atoms with Crippen molar-refractivity contribution in [2.45, 2.75) is 0 Å². The third-order valence-electron chi connectivity index (χ3n) is 2.22. The molecule has 1 aromatic heterocycles. The Balaban J connectivity index is 2.63. The summed E-state index contributed by atoms with van der Waals surface area (Å²) in [4.78, 5) is 14.4. The highest BCUT2D eigenvalue weighted by Gasteiger charge is 2.15. The number of aromatic nitrogens is 1. The van der Waals surface area contributed by atoms with E-state index >= 15 is 0 Å². The first-order chi connectivity index (χ1) is 8.24. The van der Waals surface area contributed by atoms with Gasteiger partial charge < -0.3 is 4.74 Å². The van der Waals surface area contributed by atoms with Crippen LogP contribution in [0, 0.1) is 22.5 Å². The van der Waals surface area contributed by atoms with Gasteiger partial charge in [0, 0.05) is 17.6 Å². The average molecular weight is 228 g/mol. The van der Waals surface area contributed by atoms with Crippen LogP contribution in [0.15, 0.2) is 30.5 Å². The Kier molecular flexibility index (Phi) is 2.88. The van der Waals surface area contributed by atoms with Crippen molar-refractivity contribution in [1.82, 2.24) is 4.98 Å². The van der Waals surface area contributed by atoms with Gasteiger partial charge in [-0.05, 0) is 18.2 Å². The Morgan fingerprint density at radius 3 is 3.00 bits per heavy atom. The first-order valence-corrected chi connectivity index (χ1v) is 4.82. The number of hydrogen-bond donors (Lipinski definition) is 0. The number of pyridine rings is 1. The number of non-ortho nitro benzene ring substituents is 1. The molecule has 0 fully saturated rings. The highest BCUT2D eigenvalue weighted by Crippen LogP contribution is 2.30. The van der Waals surface area contributed by atoms with Gasteiger partial charge in [-0.2, -0.15) is 0 Å². The number of nitrogens with zero attached hydrogens (tertiary/aromatic N) is 2. The van der Waals surface area contributed by atoms with Gasteiger partial charge in [-0.1, -0.05) is 5.92 Å². The largest absolute Gasteiger partial charge is 0.480 e. The zero-order valence-electron chi connectivity index (χ0n) is 8.79. The Morgan fingerprint density at radius 2 is 2.29 bits per heavy atom. The molecule has 0 saturated carbocycles. The summed E-state index contributed by atoms with van der Waals surface area (Å²) in [6.45, 7) is 0.113. The van der Waals surface area contributed by atoms with Gasteiger partial charge in [0.1, 0.15) is 12.4 Å². The van der Waals surface area contributed by atoms with E-state index in [2.05, 4.69) is 10.9 Å². The van der Waals surface area contributed by atoms with Crippen LogP contribution in [-0.2, 0) is 0 Å². The number of rotatable bonds is 3. The second kappa shape index (κ2) is 4.49. The summed E-state index contributed by atoms with van der Waals surface area (Å²) in [7, 11) is 0. The molecule has 84 valence electrons. The summed E-state index contributed by atoms with van der Waals surface area (Å²) in [5.41, 5.74) is 0.251. The summed E-state index contributed by atoms with van der Waals surface area (Å²) in [6.07, 6.45) is 6.60. The molecule has 0 bridgehead atoms. The van der Waals surface area contributed by atoms with E-state index in [0.717, 1.165) is 0 Å². The van der Waals surface area contributed by atoms with Crippen LogP contribution in [-0.4, -0.2) is 16.5 Å². The monoisotopic (exact) mass is 228 g/mol. The molecule has 17 heavy (non-hydrogen) atoms. The minimum Gasteiger partial charge on any atom is -0.480 e. The summed E-state index contributed by atoms with van der Waals surface area (Å²) in [6, 6.07) is 6.29. The molecule has 0 spiro atoms. The highest BCUT2D eigenvalue weighted by molar-refractivity contribution is 5.91. The van der Waals surface area contributed by atoms with E-state index in [1.54, 1.807) is 12.1 Å². The number of terminal acetylenes is 1. The molecule has 0 saturated heterocycles. The van der Waals surface area contributed by atoms with Crippen molar-refractivity contribution >= 4 is 16.6 Å². The van der Waals surface area contributed by atoms with Gasteiger partial charge in [0.05, 0.1) is 4.92 Å². The fraction of sp³-hybridized carbons (Fsp3) is 0.0833. The van der Waals surface area contributed by atoms with Crippen molar-refractivity contribution in [1.29, 1.82) is 0 Å². The number of benzene rings is 1. The second-order valence-corrected chi connectivity index (χ2v) is 3.23. The quantitative estimate of drug-likeness (QED) is 0.458. The van der Waals surface area contributed by atoms with Gasteiger partial charge in [0.15, 0.2) is 5.52 Å². The zero-order chi connectivity index (χ0) is 12.3. The molecular formula is C12H8N2O3. The van der Waals surface area contributed by atoms with Crippen molar-refractivity contribution in [3.05, 3.63) is 40.6 Å². The van der Waals surface area contributed by atoms with Crippen LogP contribution < -0.4 is 4.74 Å². The summed E-state index contributed by atoms with van der Waals surface area (Å²) < 4.78 is 5.30. The smallest absolute Gasteiger partial charge is 0.295 e. The van der Waals surface area contributed by atoms with Gasteiger partial charge in [-0.3, -0.25) is 10.1 Å². The van der Waals surface area contributed by atoms with Gasteiger partial charge in [-0.25, -0.2) is 4.98 Å². The van der Waals surface area contributed by atoms with Crippen LogP contribution in [0.4, 0.5) is 5.69 Å². The first kappa shape index (κ1) is 10.9. The Bertz CT molecular complexity index is 617. The number of ether oxygens (including phenoxy) is 1. The molecule has 0 aliphatic carbocycles. The van der Waals surface area contributed by atoms with Crippen LogP contribution >= 0.6 is 0 Å². The lowest BCUT2D eigenvalue weighted by molar-refractivity contribution is -0.383. The lowest BCUT2D eigenvalue weighted by Crippen LogP contribution is -1.97. The number of fused-ring (bicyclic) bond motifs is 1. The summed E-state index contributed by atoms with van der Waals surface area (Å²) >= 11 is 0. The zero-order valence-corrected chi connectivity index (χ0v) is 8.79. The lowest BCUT2D eigenvalue weighted by atomic mass is 10.2. The molecule has 0 aliphatic heterocycles. The summed E-state index contributed by atoms with van der Waals surface area (Å²) in [5, 5.41) is 11.4. The molecule has 0 aliphatic rings. The fourth-order valence-corrected chi connectivity index (χ4v) is 1.52. The molecule has 0 atom stereocenters. The first-order valence-electron chi connectivity index (χ1n) is 4.82. The molecule has 0 unspecified atom stereocenters. The highest BCUT2D eigenvalue weighted by atomic mass is 16.6. The van der Waals surface area contributed by atoms with Gasteiger partial charge in [0.25, 0.3) is 5.69 Å². The number of nitro benzene ring substituents is 1. The Hall–Kier alpha value is -2.61. The van der Waals surface area contributed by atoms with Gasteiger partial charge in [-0.15, -0.1) is 6.42 Å². The Labute approximate surface area is 97.2 Å². The molecule has 0 N–H and O–H groups in total. The van der Waals surface area contributed by atoms with E-state index < -0.39 is 4.92 Å². The maximum atomic E-state index is 10.8. The van der Waals surface area contributed by atoms with Crippen molar-refractivity contribution in [2.24, 2.45) is 0 Å². The number of nitro groups is 1. The number of hydrogen-bond acceptors (Lipinski definition) is 4. The van der Waals surface area contributed by atoms with Crippen LogP contribution in [0.2, 0.25) is 0 Å². The maximum Gasteiger partial charge on any atom is 0.295 e. The molecular weight excluding hydrogens is 220 g/mol. The van der Waals surface area contributed by atoms with Crippen molar-refractivity contribution in [3.8, 4) is 18.1 Å². The van der Waals surface area contributed by atoms with Crippen LogP contribution in [0.5, 0.6) is 5.75 Å². The van der Waals surface area contributed by atoms with Crippen LogP contribution in [0.3, 0.4) is 0 Å². The normalized spacial score (nSPS) is 9.82. The molecule has 0 radical (unpaired) electrons. The average Bonchev–Trinajstić information content (AvgIpc) is 2.35. The van der Waals surface area contributed by atoms with E-state index in [4.69, 9.17) is 11.2 Å². The van der Waals surface area contributed by atoms with Crippen molar-refractivity contribution < 1.29 is 9.66 Å². The lowest BCUT2D eigenvalue weighted by Gasteiger charge is -2.06. The molecule has 5 heteroatoms. The van der Waals surface area contributed by atoms with Crippen LogP contribution in [0.1, 0.15) is 0 Å². The second-order valence-electron chi connectivity index (χ2n) is 3.23. The van der Waals surface area contributed by atoms with Gasteiger partial charge >= 0.3 is 0 Å². The predicted molar refractivity (Wildman–Crippen MR) is 62.7 cm³/mol. The molecule has 1 aromatic carbocycles. The van der Waals surface area contributed by atoms with E-state index in [1.807, 2.05) is 0 Å². The van der Waals surface area contributed by atoms with Crippen molar-refractivity contribution in [3.63, 3.8) is 0 Å². The van der Waals surface area contributed by atoms with Gasteiger partial charge in [0.2, 0.25) is 0 Å². The molecule has 5 nitrogen and oxygen atoms in total. The SMILES string of the molecule is C#CCOc1ccc([N+](=O)[O-])c2ncccc12. The Morgan fingerprint density at radius 1 is 1.47 bits per heavy atom. The molecule has 2 aromatic rings. The third kappa shape index (κ3) is 2.01. The molecule has 2 rings (SSSR count). The molecule has 1 heterocycles.